The van der Waals surface area contributed by atoms with Crippen LogP contribution in [0.3, 0.4) is 0 Å². The predicted octanol–water partition coefficient (Wildman–Crippen LogP) is 4.17. The van der Waals surface area contributed by atoms with Crippen molar-refractivity contribution in [3.63, 3.8) is 0 Å². The van der Waals surface area contributed by atoms with E-state index >= 15 is 0 Å². The van der Waals surface area contributed by atoms with Gasteiger partial charge in [-0.3, -0.25) is 4.79 Å². The van der Waals surface area contributed by atoms with Crippen LogP contribution in [0.5, 0.6) is 5.75 Å². The summed E-state index contributed by atoms with van der Waals surface area (Å²) in [5.74, 6) is -0.583. The first-order valence-corrected chi connectivity index (χ1v) is 8.63. The van der Waals surface area contributed by atoms with Gasteiger partial charge in [-0.2, -0.15) is 5.26 Å². The molecule has 0 saturated heterocycles. The van der Waals surface area contributed by atoms with E-state index in [4.69, 9.17) is 26.3 Å². The number of carbonyl (C=O) groups excluding carboxylic acids is 2. The number of anilines is 1. The number of methoxy groups -OCH3 is 1. The Bertz CT molecular complexity index is 1110. The number of esters is 1. The summed E-state index contributed by atoms with van der Waals surface area (Å²) >= 11 is 5.89. The van der Waals surface area contributed by atoms with Gasteiger partial charge in [0.2, 0.25) is 0 Å². The largest absolute Gasteiger partial charge is 0.496 e. The summed E-state index contributed by atoms with van der Waals surface area (Å²) in [4.78, 5) is 24.6. The number of rotatable bonds is 5. The summed E-state index contributed by atoms with van der Waals surface area (Å²) in [5.41, 5.74) is 0.834. The third-order valence-corrected chi connectivity index (χ3v) is 4.27. The average molecular weight is 395 g/mol. The number of nitrogens with one attached hydrogen (secondary N) is 1. The molecule has 0 aliphatic heterocycles. The lowest BCUT2D eigenvalue weighted by Crippen LogP contribution is -2.21. The molecule has 0 fully saturated rings. The van der Waals surface area contributed by atoms with E-state index in [0.717, 1.165) is 5.39 Å². The molecule has 0 aliphatic carbocycles. The molecule has 3 aromatic rings. The third-order valence-electron chi connectivity index (χ3n) is 4.03. The van der Waals surface area contributed by atoms with E-state index in [0.29, 0.717) is 21.7 Å². The average Bonchev–Trinajstić information content (AvgIpc) is 2.71. The Morgan fingerprint density at radius 2 is 1.86 bits per heavy atom. The van der Waals surface area contributed by atoms with E-state index in [-0.39, 0.29) is 11.3 Å². The normalized spacial score (nSPS) is 10.2. The summed E-state index contributed by atoms with van der Waals surface area (Å²) < 4.78 is 10.4. The van der Waals surface area contributed by atoms with Gasteiger partial charge in [-0.15, -0.1) is 0 Å². The first-order chi connectivity index (χ1) is 13.5. The minimum atomic E-state index is -0.638. The van der Waals surface area contributed by atoms with Gasteiger partial charge in [0.05, 0.1) is 23.9 Å². The molecule has 0 bridgehead atoms. The highest BCUT2D eigenvalue weighted by Crippen LogP contribution is 2.28. The molecule has 0 aliphatic rings. The van der Waals surface area contributed by atoms with Crippen LogP contribution in [0.1, 0.15) is 15.9 Å². The topological polar surface area (TPSA) is 88.4 Å². The van der Waals surface area contributed by atoms with E-state index < -0.39 is 18.5 Å². The van der Waals surface area contributed by atoms with Crippen LogP contribution in [0.2, 0.25) is 5.02 Å². The van der Waals surface area contributed by atoms with E-state index in [2.05, 4.69) is 5.32 Å². The maximum Gasteiger partial charge on any atom is 0.339 e. The number of fused-ring (bicyclic) bond motifs is 1. The number of nitriles is 1. The molecule has 1 N–H and O–H groups in total. The highest BCUT2D eigenvalue weighted by Gasteiger charge is 2.16. The van der Waals surface area contributed by atoms with Gasteiger partial charge in [0, 0.05) is 10.4 Å². The van der Waals surface area contributed by atoms with Crippen molar-refractivity contribution in [3.8, 4) is 11.8 Å². The van der Waals surface area contributed by atoms with E-state index in [1.54, 1.807) is 37.4 Å². The van der Waals surface area contributed by atoms with E-state index in [1.807, 2.05) is 18.2 Å². The van der Waals surface area contributed by atoms with Crippen LogP contribution in [0.15, 0.2) is 54.6 Å². The van der Waals surface area contributed by atoms with Crippen LogP contribution in [0.4, 0.5) is 5.69 Å². The monoisotopic (exact) mass is 394 g/mol. The van der Waals surface area contributed by atoms with Gasteiger partial charge in [-0.1, -0.05) is 35.9 Å². The molecule has 1 amide bonds. The Labute approximate surface area is 166 Å². The molecule has 140 valence electrons. The second-order valence-corrected chi connectivity index (χ2v) is 6.22. The number of amides is 1. The zero-order chi connectivity index (χ0) is 20.1. The number of benzene rings is 3. The molecule has 3 aromatic carbocycles. The first kappa shape index (κ1) is 19.2. The lowest BCUT2D eigenvalue weighted by Gasteiger charge is -2.11. The molecule has 0 aromatic heterocycles. The highest BCUT2D eigenvalue weighted by molar-refractivity contribution is 6.31. The van der Waals surface area contributed by atoms with Gasteiger partial charge >= 0.3 is 5.97 Å². The molecule has 3 rings (SSSR count). The van der Waals surface area contributed by atoms with Crippen molar-refractivity contribution in [1.82, 2.24) is 0 Å². The van der Waals surface area contributed by atoms with Crippen molar-refractivity contribution in [1.29, 1.82) is 5.26 Å². The smallest absolute Gasteiger partial charge is 0.339 e. The molecule has 0 heterocycles. The van der Waals surface area contributed by atoms with Crippen LogP contribution in [0, 0.1) is 11.3 Å². The summed E-state index contributed by atoms with van der Waals surface area (Å²) in [5, 5.41) is 13.4. The SMILES string of the molecule is COc1ccc(C(=O)OCC(=O)Nc2cc(Cl)ccc2C#N)c2ccccc12. The molecule has 0 unspecified atom stereocenters. The van der Waals surface area contributed by atoms with Gasteiger partial charge in [-0.25, -0.2) is 4.79 Å². The van der Waals surface area contributed by atoms with Crippen molar-refractivity contribution < 1.29 is 19.1 Å². The lowest BCUT2D eigenvalue weighted by molar-refractivity contribution is -0.119. The molecule has 7 heteroatoms. The lowest BCUT2D eigenvalue weighted by atomic mass is 10.0. The molecule has 0 atom stereocenters. The molecular weight excluding hydrogens is 380 g/mol. The first-order valence-electron chi connectivity index (χ1n) is 8.26. The Balaban J connectivity index is 1.73. The van der Waals surface area contributed by atoms with Gasteiger partial charge in [0.15, 0.2) is 6.61 Å². The zero-order valence-electron chi connectivity index (χ0n) is 14.9. The zero-order valence-corrected chi connectivity index (χ0v) is 15.6. The fourth-order valence-corrected chi connectivity index (χ4v) is 2.91. The number of ether oxygens (including phenoxy) is 2. The number of hydrogen-bond acceptors (Lipinski definition) is 5. The van der Waals surface area contributed by atoms with Crippen LogP contribution >= 0.6 is 11.6 Å². The van der Waals surface area contributed by atoms with Crippen LogP contribution in [-0.2, 0) is 9.53 Å². The predicted molar refractivity (Wildman–Crippen MR) is 106 cm³/mol. The van der Waals surface area contributed by atoms with Crippen molar-refractivity contribution in [2.45, 2.75) is 0 Å². The number of nitrogens with zero attached hydrogens (tertiary/aromatic N) is 1. The molecule has 0 spiro atoms. The fourth-order valence-electron chi connectivity index (χ4n) is 2.74. The fraction of sp³-hybridized carbons (Fsp3) is 0.0952. The Morgan fingerprint density at radius 3 is 2.57 bits per heavy atom. The third kappa shape index (κ3) is 4.05. The van der Waals surface area contributed by atoms with E-state index in [1.165, 1.54) is 12.1 Å². The number of hydrogen-bond donors (Lipinski definition) is 1. The van der Waals surface area contributed by atoms with Gasteiger partial charge in [0.1, 0.15) is 11.8 Å². The van der Waals surface area contributed by atoms with Crippen LogP contribution in [-0.4, -0.2) is 25.6 Å². The maximum atomic E-state index is 12.5. The Hall–Kier alpha value is -3.56. The number of carbonyl (C=O) groups is 2. The van der Waals surface area contributed by atoms with Gasteiger partial charge in [-0.05, 0) is 35.7 Å². The van der Waals surface area contributed by atoms with Crippen molar-refractivity contribution >= 4 is 39.9 Å². The Kier molecular flexibility index (Phi) is 5.78. The van der Waals surface area contributed by atoms with Crippen LogP contribution in [0.25, 0.3) is 10.8 Å². The second kappa shape index (κ2) is 8.42. The molecular formula is C21H15ClN2O4. The standard InChI is InChI=1S/C21H15ClN2O4/c1-27-19-9-8-17(15-4-2-3-5-16(15)19)21(26)28-12-20(25)24-18-10-14(22)7-6-13(18)11-23/h2-10H,12H2,1H3,(H,24,25). The minimum absolute atomic E-state index is 0.255. The Morgan fingerprint density at radius 1 is 1.11 bits per heavy atom. The highest BCUT2D eigenvalue weighted by atomic mass is 35.5. The summed E-state index contributed by atoms with van der Waals surface area (Å²) in [7, 11) is 1.55. The van der Waals surface area contributed by atoms with E-state index in [9.17, 15) is 9.59 Å². The number of halogens is 1. The van der Waals surface area contributed by atoms with Crippen molar-refractivity contribution in [3.05, 3.63) is 70.7 Å². The van der Waals surface area contributed by atoms with Gasteiger partial charge in [0.25, 0.3) is 5.91 Å². The molecule has 6 nitrogen and oxygen atoms in total. The summed E-state index contributed by atoms with van der Waals surface area (Å²) in [6.45, 7) is -0.503. The van der Waals surface area contributed by atoms with Crippen LogP contribution < -0.4 is 10.1 Å². The summed E-state index contributed by atoms with van der Waals surface area (Å²) in [6.07, 6.45) is 0. The minimum Gasteiger partial charge on any atom is -0.496 e. The quantitative estimate of drug-likeness (QED) is 0.656. The van der Waals surface area contributed by atoms with Gasteiger partial charge < -0.3 is 14.8 Å². The summed E-state index contributed by atoms with van der Waals surface area (Å²) in [6, 6.07) is 17.0. The second-order valence-electron chi connectivity index (χ2n) is 5.79. The molecule has 0 radical (unpaired) electrons. The molecule has 28 heavy (non-hydrogen) atoms. The van der Waals surface area contributed by atoms with Crippen molar-refractivity contribution in [2.75, 3.05) is 19.0 Å². The van der Waals surface area contributed by atoms with Crippen molar-refractivity contribution in [2.24, 2.45) is 0 Å². The molecule has 0 saturated carbocycles. The maximum absolute atomic E-state index is 12.5.